The van der Waals surface area contributed by atoms with Crippen LogP contribution in [0.4, 0.5) is 11.4 Å². The van der Waals surface area contributed by atoms with Gasteiger partial charge in [0, 0.05) is 34.9 Å². The van der Waals surface area contributed by atoms with Crippen LogP contribution in [0.2, 0.25) is 0 Å². The van der Waals surface area contributed by atoms with Crippen LogP contribution in [-0.2, 0) is 11.2 Å². The van der Waals surface area contributed by atoms with Crippen molar-refractivity contribution in [3.63, 3.8) is 0 Å². The number of aromatic nitrogens is 2. The van der Waals surface area contributed by atoms with E-state index in [1.54, 1.807) is 0 Å². The maximum atomic E-state index is 12.4. The van der Waals surface area contributed by atoms with E-state index in [0.29, 0.717) is 5.11 Å². The van der Waals surface area contributed by atoms with Gasteiger partial charge in [-0.2, -0.15) is 0 Å². The molecule has 0 unspecified atom stereocenters. The van der Waals surface area contributed by atoms with Gasteiger partial charge in [0.2, 0.25) is 5.91 Å². The highest BCUT2D eigenvalue weighted by Crippen LogP contribution is 2.44. The lowest BCUT2D eigenvalue weighted by Gasteiger charge is -2.29. The number of anilines is 2. The predicted molar refractivity (Wildman–Crippen MR) is 172 cm³/mol. The van der Waals surface area contributed by atoms with Crippen LogP contribution in [-0.4, -0.2) is 20.6 Å². The standard InChI is InChI=1S/C34H39N5OS/c1-8-25-13-11-12-21(4)31(25)38-23(6)19-27(24(38)7)32-30(29-14-9-10-17-35-29)37-34(41)39(32)26-15-16-28(22(5)18-26)36-33(40)20(2)3/h9-20,30,32H,8H2,1-7H3,(H,36,40)(H,37,41)/t30-,32-/m1/s1. The molecule has 41 heavy (non-hydrogen) atoms. The van der Waals surface area contributed by atoms with Crippen molar-refractivity contribution in [3.8, 4) is 5.69 Å². The van der Waals surface area contributed by atoms with Crippen molar-refractivity contribution in [2.75, 3.05) is 10.2 Å². The molecule has 1 amide bonds. The Morgan fingerprint density at radius 1 is 1.02 bits per heavy atom. The Labute approximate surface area is 248 Å². The first-order valence-corrected chi connectivity index (χ1v) is 14.7. The van der Waals surface area contributed by atoms with Crippen molar-refractivity contribution < 1.29 is 4.79 Å². The number of hydrogen-bond donors (Lipinski definition) is 2. The molecule has 0 saturated carbocycles. The van der Waals surface area contributed by atoms with Gasteiger partial charge in [0.1, 0.15) is 0 Å². The van der Waals surface area contributed by atoms with Gasteiger partial charge in [0.25, 0.3) is 0 Å². The number of para-hydroxylation sites is 1. The lowest BCUT2D eigenvalue weighted by atomic mass is 9.96. The molecule has 0 aliphatic carbocycles. The molecular formula is C34H39N5OS. The molecule has 6 nitrogen and oxygen atoms in total. The lowest BCUT2D eigenvalue weighted by molar-refractivity contribution is -0.118. The fraction of sp³-hybridized carbons (Fsp3) is 0.324. The van der Waals surface area contributed by atoms with Crippen molar-refractivity contribution in [1.29, 1.82) is 0 Å². The quantitative estimate of drug-likeness (QED) is 0.228. The summed E-state index contributed by atoms with van der Waals surface area (Å²) in [5.74, 6) is -0.0907. The van der Waals surface area contributed by atoms with Gasteiger partial charge in [-0.3, -0.25) is 9.78 Å². The zero-order valence-electron chi connectivity index (χ0n) is 24.9. The number of aryl methyl sites for hydroxylation is 4. The monoisotopic (exact) mass is 565 g/mol. The summed E-state index contributed by atoms with van der Waals surface area (Å²) in [6, 6.07) is 20.7. The van der Waals surface area contributed by atoms with Crippen LogP contribution in [0.1, 0.15) is 72.2 Å². The summed E-state index contributed by atoms with van der Waals surface area (Å²) in [6.07, 6.45) is 2.79. The van der Waals surface area contributed by atoms with E-state index in [0.717, 1.165) is 29.1 Å². The molecule has 2 atom stereocenters. The van der Waals surface area contributed by atoms with Crippen LogP contribution in [0, 0.1) is 33.6 Å². The minimum atomic E-state index is -0.138. The number of nitrogens with one attached hydrogen (secondary N) is 2. The number of rotatable bonds is 7. The Morgan fingerprint density at radius 3 is 2.46 bits per heavy atom. The van der Waals surface area contributed by atoms with Crippen LogP contribution in [0.15, 0.2) is 66.9 Å². The summed E-state index contributed by atoms with van der Waals surface area (Å²) in [5.41, 5.74) is 11.1. The van der Waals surface area contributed by atoms with Crippen LogP contribution in [0.3, 0.4) is 0 Å². The Hall–Kier alpha value is -3.97. The second-order valence-corrected chi connectivity index (χ2v) is 11.6. The van der Waals surface area contributed by atoms with Crippen molar-refractivity contribution in [1.82, 2.24) is 14.9 Å². The van der Waals surface area contributed by atoms with E-state index in [9.17, 15) is 4.79 Å². The van der Waals surface area contributed by atoms with Crippen molar-refractivity contribution >= 4 is 34.6 Å². The van der Waals surface area contributed by atoms with Crippen LogP contribution in [0.5, 0.6) is 0 Å². The van der Waals surface area contributed by atoms with Crippen LogP contribution >= 0.6 is 12.2 Å². The molecule has 1 fully saturated rings. The molecule has 1 saturated heterocycles. The Balaban J connectivity index is 1.65. The Kier molecular flexibility index (Phi) is 8.00. The summed E-state index contributed by atoms with van der Waals surface area (Å²) in [6.45, 7) is 14.6. The van der Waals surface area contributed by atoms with E-state index < -0.39 is 0 Å². The number of amides is 1. The second kappa shape index (κ2) is 11.5. The van der Waals surface area contributed by atoms with Crippen molar-refractivity contribution in [2.45, 2.75) is 67.0 Å². The molecule has 3 heterocycles. The smallest absolute Gasteiger partial charge is 0.226 e. The van der Waals surface area contributed by atoms with Crippen molar-refractivity contribution in [2.24, 2.45) is 5.92 Å². The van der Waals surface area contributed by atoms with Gasteiger partial charge in [0.15, 0.2) is 5.11 Å². The lowest BCUT2D eigenvalue weighted by Crippen LogP contribution is -2.29. The molecule has 5 rings (SSSR count). The predicted octanol–water partition coefficient (Wildman–Crippen LogP) is 7.44. The Bertz CT molecular complexity index is 1610. The highest BCUT2D eigenvalue weighted by Gasteiger charge is 2.42. The van der Waals surface area contributed by atoms with E-state index in [2.05, 4.69) is 84.2 Å². The maximum Gasteiger partial charge on any atom is 0.226 e. The van der Waals surface area contributed by atoms with Gasteiger partial charge >= 0.3 is 0 Å². The van der Waals surface area contributed by atoms with E-state index in [-0.39, 0.29) is 23.9 Å². The van der Waals surface area contributed by atoms with E-state index in [4.69, 9.17) is 17.2 Å². The first kappa shape index (κ1) is 28.6. The molecule has 0 bridgehead atoms. The molecular weight excluding hydrogens is 526 g/mol. The van der Waals surface area contributed by atoms with Crippen molar-refractivity contribution in [3.05, 3.63) is 106 Å². The molecule has 4 aromatic rings. The fourth-order valence-corrected chi connectivity index (χ4v) is 6.27. The molecule has 2 aromatic heterocycles. The SMILES string of the molecule is CCc1cccc(C)c1-n1c(C)cc([C@@H]2[C@@H](c3ccccn3)NC(=S)N2c2ccc(NC(=O)C(C)C)c(C)c2)c1C. The molecule has 212 valence electrons. The minimum Gasteiger partial charge on any atom is -0.351 e. The largest absolute Gasteiger partial charge is 0.351 e. The number of nitrogens with zero attached hydrogens (tertiary/aromatic N) is 3. The molecule has 1 aliphatic heterocycles. The van der Waals surface area contributed by atoms with E-state index >= 15 is 0 Å². The van der Waals surface area contributed by atoms with Gasteiger partial charge in [-0.1, -0.05) is 45.0 Å². The minimum absolute atomic E-state index is 0.00222. The third-order valence-corrected chi connectivity index (χ3v) is 8.40. The van der Waals surface area contributed by atoms with E-state index in [1.807, 2.05) is 51.2 Å². The molecule has 2 N–H and O–H groups in total. The summed E-state index contributed by atoms with van der Waals surface area (Å²) < 4.78 is 2.40. The average Bonchev–Trinajstić information content (AvgIpc) is 3.44. The number of benzene rings is 2. The fourth-order valence-electron chi connectivity index (χ4n) is 5.92. The van der Waals surface area contributed by atoms with Gasteiger partial charge in [-0.25, -0.2) is 0 Å². The number of hydrogen-bond acceptors (Lipinski definition) is 3. The number of carbonyl (C=O) groups excluding carboxylic acids is 1. The zero-order valence-corrected chi connectivity index (χ0v) is 25.8. The van der Waals surface area contributed by atoms with E-state index in [1.165, 1.54) is 33.8 Å². The van der Waals surface area contributed by atoms with Gasteiger partial charge in [-0.15, -0.1) is 0 Å². The van der Waals surface area contributed by atoms with Gasteiger partial charge in [0.05, 0.1) is 23.5 Å². The third kappa shape index (κ3) is 5.26. The number of thiocarbonyl (C=S) groups is 1. The molecule has 0 radical (unpaired) electrons. The number of carbonyl (C=O) groups is 1. The highest BCUT2D eigenvalue weighted by atomic mass is 32.1. The van der Waals surface area contributed by atoms with Gasteiger partial charge < -0.3 is 20.1 Å². The third-order valence-electron chi connectivity index (χ3n) is 8.08. The molecule has 1 aliphatic rings. The first-order chi connectivity index (χ1) is 19.6. The summed E-state index contributed by atoms with van der Waals surface area (Å²) in [5, 5.41) is 7.30. The maximum absolute atomic E-state index is 12.4. The topological polar surface area (TPSA) is 62.2 Å². The normalized spacial score (nSPS) is 16.8. The highest BCUT2D eigenvalue weighted by molar-refractivity contribution is 7.80. The molecule has 7 heteroatoms. The molecule has 2 aromatic carbocycles. The second-order valence-electron chi connectivity index (χ2n) is 11.2. The summed E-state index contributed by atoms with van der Waals surface area (Å²) >= 11 is 6.00. The van der Waals surface area contributed by atoms with Crippen LogP contribution in [0.25, 0.3) is 5.69 Å². The first-order valence-electron chi connectivity index (χ1n) is 14.3. The summed E-state index contributed by atoms with van der Waals surface area (Å²) in [7, 11) is 0. The number of pyridine rings is 1. The average molecular weight is 566 g/mol. The Morgan fingerprint density at radius 2 is 1.80 bits per heavy atom. The summed E-state index contributed by atoms with van der Waals surface area (Å²) in [4.78, 5) is 19.3. The van der Waals surface area contributed by atoms with Gasteiger partial charge in [-0.05, 0) is 105 Å². The zero-order chi connectivity index (χ0) is 29.4. The molecule has 0 spiro atoms. The van der Waals surface area contributed by atoms with Crippen LogP contribution < -0.4 is 15.5 Å².